The van der Waals surface area contributed by atoms with Crippen molar-refractivity contribution in [1.29, 1.82) is 0 Å². The van der Waals surface area contributed by atoms with Gasteiger partial charge < -0.3 is 20.7 Å². The van der Waals surface area contributed by atoms with E-state index in [0.29, 0.717) is 12.2 Å². The standard InChI is InChI=1S/C35H42N4O4/c1-23(2)32-31(38-33(40)29(39(4)5)22-26-12-8-6-9-13-26)35(42)37-30(24(3)27-14-10-7-11-15-27)34(41)36-21-20-25-16-18-28(43-32)19-17-25/h6-21,23-24,29-32H,22H2,1-5H3,(H,36,41)(H,37,42)(H,38,40). The molecule has 2 heterocycles. The van der Waals surface area contributed by atoms with Crippen molar-refractivity contribution in [1.82, 2.24) is 20.9 Å². The second-order valence-electron chi connectivity index (χ2n) is 11.6. The summed E-state index contributed by atoms with van der Waals surface area (Å²) in [5, 5.41) is 8.83. The first-order valence-corrected chi connectivity index (χ1v) is 14.7. The van der Waals surface area contributed by atoms with Gasteiger partial charge in [-0.2, -0.15) is 0 Å². The zero-order chi connectivity index (χ0) is 30.9. The van der Waals surface area contributed by atoms with E-state index in [0.717, 1.165) is 16.7 Å². The van der Waals surface area contributed by atoms with Crippen molar-refractivity contribution in [3.8, 4) is 5.75 Å². The minimum absolute atomic E-state index is 0.158. The van der Waals surface area contributed by atoms with Crippen LogP contribution in [0.5, 0.6) is 5.75 Å². The monoisotopic (exact) mass is 582 g/mol. The van der Waals surface area contributed by atoms with Crippen molar-refractivity contribution in [3.63, 3.8) is 0 Å². The van der Waals surface area contributed by atoms with E-state index in [1.54, 1.807) is 12.3 Å². The number of likely N-dealkylation sites (N-methyl/N-ethyl adjacent to an activating group) is 1. The van der Waals surface area contributed by atoms with Gasteiger partial charge in [0.25, 0.3) is 0 Å². The second-order valence-corrected chi connectivity index (χ2v) is 11.6. The molecule has 3 aromatic carbocycles. The molecule has 0 spiro atoms. The van der Waals surface area contributed by atoms with E-state index in [-0.39, 0.29) is 23.7 Å². The summed E-state index contributed by atoms with van der Waals surface area (Å²) in [5.74, 6) is -1.10. The van der Waals surface area contributed by atoms with Crippen LogP contribution in [0.2, 0.25) is 0 Å². The summed E-state index contributed by atoms with van der Waals surface area (Å²) >= 11 is 0. The molecule has 0 saturated carbocycles. The minimum atomic E-state index is -1.08. The Balaban J connectivity index is 1.72. The Morgan fingerprint density at radius 3 is 2.12 bits per heavy atom. The van der Waals surface area contributed by atoms with Gasteiger partial charge in [-0.3, -0.25) is 19.3 Å². The SMILES string of the molecule is CC(C)C1Oc2ccc(cc2)C=CNC(=O)C(C(C)c2ccccc2)NC(=O)C1NC(=O)C(Cc1ccccc1)N(C)C. The molecule has 5 unspecified atom stereocenters. The van der Waals surface area contributed by atoms with Crippen molar-refractivity contribution in [2.75, 3.05) is 14.1 Å². The smallest absolute Gasteiger partial charge is 0.247 e. The first kappa shape index (κ1) is 31.5. The number of carbonyl (C=O) groups excluding carboxylic acids is 3. The van der Waals surface area contributed by atoms with Gasteiger partial charge in [0.2, 0.25) is 17.7 Å². The molecule has 8 heteroatoms. The van der Waals surface area contributed by atoms with Gasteiger partial charge in [-0.15, -0.1) is 0 Å². The van der Waals surface area contributed by atoms with Gasteiger partial charge in [0.15, 0.2) is 0 Å². The Morgan fingerprint density at radius 2 is 1.51 bits per heavy atom. The molecule has 3 N–H and O–H groups in total. The molecule has 2 aliphatic heterocycles. The summed E-state index contributed by atoms with van der Waals surface area (Å²) in [6, 6.07) is 24.2. The van der Waals surface area contributed by atoms with Crippen LogP contribution < -0.4 is 20.7 Å². The number of nitrogens with one attached hydrogen (secondary N) is 3. The third-order valence-corrected chi connectivity index (χ3v) is 7.82. The van der Waals surface area contributed by atoms with E-state index >= 15 is 0 Å². The Labute approximate surface area is 254 Å². The number of amides is 3. The number of rotatable bonds is 8. The Bertz CT molecular complexity index is 1390. The van der Waals surface area contributed by atoms with Crippen LogP contribution in [0.15, 0.2) is 91.1 Å². The van der Waals surface area contributed by atoms with Gasteiger partial charge in [-0.25, -0.2) is 0 Å². The molecule has 226 valence electrons. The summed E-state index contributed by atoms with van der Waals surface area (Å²) in [6.07, 6.45) is 3.10. The number of fused-ring (bicyclic) bond motifs is 10. The molecule has 8 nitrogen and oxygen atoms in total. The van der Waals surface area contributed by atoms with E-state index in [1.807, 2.05) is 125 Å². The van der Waals surface area contributed by atoms with E-state index < -0.39 is 30.1 Å². The summed E-state index contributed by atoms with van der Waals surface area (Å²) < 4.78 is 6.41. The fourth-order valence-corrected chi connectivity index (χ4v) is 5.22. The Morgan fingerprint density at radius 1 is 0.884 bits per heavy atom. The first-order valence-electron chi connectivity index (χ1n) is 14.7. The summed E-state index contributed by atoms with van der Waals surface area (Å²) in [4.78, 5) is 43.5. The average Bonchev–Trinajstić information content (AvgIpc) is 3.00. The van der Waals surface area contributed by atoms with Crippen molar-refractivity contribution in [2.24, 2.45) is 5.92 Å². The molecule has 0 fully saturated rings. The zero-order valence-electron chi connectivity index (χ0n) is 25.5. The number of hydrogen-bond donors (Lipinski definition) is 3. The third kappa shape index (κ3) is 8.32. The molecule has 5 rings (SSSR count). The molecular formula is C35H42N4O4. The molecule has 0 saturated heterocycles. The van der Waals surface area contributed by atoms with Crippen LogP contribution in [0.25, 0.3) is 6.08 Å². The largest absolute Gasteiger partial charge is 0.487 e. The first-order chi connectivity index (χ1) is 20.6. The fourth-order valence-electron chi connectivity index (χ4n) is 5.22. The lowest BCUT2D eigenvalue weighted by Gasteiger charge is -2.34. The normalized spacial score (nSPS) is 20.5. The molecule has 0 aliphatic carbocycles. The van der Waals surface area contributed by atoms with Crippen LogP contribution in [0.3, 0.4) is 0 Å². The van der Waals surface area contributed by atoms with Gasteiger partial charge in [0.1, 0.15) is 23.9 Å². The highest BCUT2D eigenvalue weighted by molar-refractivity contribution is 5.94. The van der Waals surface area contributed by atoms with Crippen molar-refractivity contribution in [3.05, 3.63) is 108 Å². The molecule has 0 aromatic heterocycles. The van der Waals surface area contributed by atoms with Crippen LogP contribution >= 0.6 is 0 Å². The minimum Gasteiger partial charge on any atom is -0.487 e. The van der Waals surface area contributed by atoms with Gasteiger partial charge in [0.05, 0.1) is 6.04 Å². The molecule has 2 bridgehead atoms. The molecular weight excluding hydrogens is 540 g/mol. The molecule has 2 aliphatic rings. The molecule has 0 radical (unpaired) electrons. The van der Waals surface area contributed by atoms with Crippen molar-refractivity contribution >= 4 is 23.8 Å². The third-order valence-electron chi connectivity index (χ3n) is 7.82. The maximum Gasteiger partial charge on any atom is 0.247 e. The number of ether oxygens (including phenoxy) is 1. The quantitative estimate of drug-likeness (QED) is 0.371. The molecule has 3 aromatic rings. The lowest BCUT2D eigenvalue weighted by atomic mass is 9.91. The summed E-state index contributed by atoms with van der Waals surface area (Å²) in [5.41, 5.74) is 2.78. The maximum absolute atomic E-state index is 14.2. The van der Waals surface area contributed by atoms with Gasteiger partial charge in [-0.05, 0) is 61.3 Å². The topological polar surface area (TPSA) is 99.8 Å². The fraction of sp³-hybridized carbons (Fsp3) is 0.343. The summed E-state index contributed by atoms with van der Waals surface area (Å²) in [6.45, 7) is 5.79. The van der Waals surface area contributed by atoms with Gasteiger partial charge in [-0.1, -0.05) is 93.6 Å². The number of benzene rings is 3. The lowest BCUT2D eigenvalue weighted by Crippen LogP contribution is -2.62. The second kappa shape index (κ2) is 14.6. The lowest BCUT2D eigenvalue weighted by molar-refractivity contribution is -0.136. The van der Waals surface area contributed by atoms with Gasteiger partial charge >= 0.3 is 0 Å². The number of nitrogens with zero attached hydrogens (tertiary/aromatic N) is 1. The summed E-state index contributed by atoms with van der Waals surface area (Å²) in [7, 11) is 3.68. The van der Waals surface area contributed by atoms with Crippen LogP contribution in [-0.4, -0.2) is 60.9 Å². The number of hydrogen-bond acceptors (Lipinski definition) is 5. The molecule has 43 heavy (non-hydrogen) atoms. The van der Waals surface area contributed by atoms with Crippen molar-refractivity contribution in [2.45, 2.75) is 57.3 Å². The van der Waals surface area contributed by atoms with E-state index in [1.165, 1.54) is 0 Å². The zero-order valence-corrected chi connectivity index (χ0v) is 25.5. The maximum atomic E-state index is 14.2. The molecule has 5 atom stereocenters. The Hall–Kier alpha value is -4.43. The highest BCUT2D eigenvalue weighted by atomic mass is 16.5. The van der Waals surface area contributed by atoms with Crippen LogP contribution in [0.1, 0.15) is 43.4 Å². The molecule has 3 amide bonds. The van der Waals surface area contributed by atoms with E-state index in [4.69, 9.17) is 4.74 Å². The van der Waals surface area contributed by atoms with Gasteiger partial charge in [0, 0.05) is 12.1 Å². The highest BCUT2D eigenvalue weighted by Gasteiger charge is 2.39. The van der Waals surface area contributed by atoms with E-state index in [9.17, 15) is 14.4 Å². The average molecular weight is 583 g/mol. The van der Waals surface area contributed by atoms with Crippen LogP contribution in [-0.2, 0) is 20.8 Å². The highest BCUT2D eigenvalue weighted by Crippen LogP contribution is 2.23. The van der Waals surface area contributed by atoms with Crippen LogP contribution in [0, 0.1) is 5.92 Å². The van der Waals surface area contributed by atoms with E-state index in [2.05, 4.69) is 16.0 Å². The van der Waals surface area contributed by atoms with Crippen LogP contribution in [0.4, 0.5) is 0 Å². The number of carbonyl (C=O) groups is 3. The Kier molecular flexibility index (Phi) is 10.7. The predicted molar refractivity (Wildman–Crippen MR) is 169 cm³/mol. The van der Waals surface area contributed by atoms with Crippen molar-refractivity contribution < 1.29 is 19.1 Å². The predicted octanol–water partition coefficient (Wildman–Crippen LogP) is 4.14.